The number of hydrogen-bond acceptors (Lipinski definition) is 3. The molecule has 0 aliphatic rings. The molecule has 0 bridgehead atoms. The summed E-state index contributed by atoms with van der Waals surface area (Å²) < 4.78 is 5.42. The van der Waals surface area contributed by atoms with Gasteiger partial charge in [-0.05, 0) is 44.4 Å². The van der Waals surface area contributed by atoms with E-state index in [1.807, 2.05) is 24.3 Å². The van der Waals surface area contributed by atoms with E-state index in [4.69, 9.17) is 4.74 Å². The van der Waals surface area contributed by atoms with Gasteiger partial charge in [-0.1, -0.05) is 19.1 Å². The summed E-state index contributed by atoms with van der Waals surface area (Å²) in [7, 11) is 0. The molecule has 1 aromatic carbocycles. The summed E-state index contributed by atoms with van der Waals surface area (Å²) in [5, 5.41) is 1.02. The Morgan fingerprint density at radius 2 is 2.21 bits per heavy atom. The van der Waals surface area contributed by atoms with Crippen LogP contribution in [0.4, 0.5) is 0 Å². The number of aryl methyl sites for hydroxylation is 1. The Labute approximate surface area is 144 Å². The molecule has 0 aliphatic heterocycles. The molecule has 130 valence electrons. The molecule has 0 spiro atoms. The monoisotopic (exact) mass is 328 g/mol. The minimum absolute atomic E-state index is 0.291. The molecule has 2 rings (SSSR count). The van der Waals surface area contributed by atoms with Crippen LogP contribution < -0.4 is 4.74 Å². The number of benzene rings is 1. The average Bonchev–Trinajstić information content (AvgIpc) is 2.86. The summed E-state index contributed by atoms with van der Waals surface area (Å²) >= 11 is 0. The number of ether oxygens (including phenoxy) is 1. The highest BCUT2D eigenvalue weighted by Crippen LogP contribution is 2.31. The molecule has 1 atom stereocenters. The van der Waals surface area contributed by atoms with Crippen LogP contribution in [0.5, 0.6) is 5.75 Å². The number of rotatable bonds is 8. The van der Waals surface area contributed by atoms with Gasteiger partial charge in [0.1, 0.15) is 5.75 Å². The molecular weight excluding hydrogens is 300 g/mol. The van der Waals surface area contributed by atoms with Gasteiger partial charge in [0.05, 0.1) is 0 Å². The standard InChI is InChI=1S/C20H28N2O2/c1-6-12-22(14(3)7-2)13-11-17-15(4)21-18-9-8-10-19(20(17)18)24-16(5)23/h6,8-10,14,21H,1,7,11-13H2,2-5H3. The van der Waals surface area contributed by atoms with Crippen molar-refractivity contribution in [3.8, 4) is 5.75 Å². The Morgan fingerprint density at radius 1 is 1.46 bits per heavy atom. The lowest BCUT2D eigenvalue weighted by Crippen LogP contribution is -2.34. The molecule has 0 amide bonds. The summed E-state index contributed by atoms with van der Waals surface area (Å²) in [6.45, 7) is 13.7. The van der Waals surface area contributed by atoms with Crippen LogP contribution in [0, 0.1) is 6.92 Å². The highest BCUT2D eigenvalue weighted by atomic mass is 16.5. The molecule has 0 radical (unpaired) electrons. The third-order valence-corrected chi connectivity index (χ3v) is 4.58. The van der Waals surface area contributed by atoms with Crippen molar-refractivity contribution < 1.29 is 9.53 Å². The Morgan fingerprint density at radius 3 is 2.83 bits per heavy atom. The normalized spacial score (nSPS) is 12.5. The van der Waals surface area contributed by atoms with Crippen LogP contribution in [-0.2, 0) is 11.2 Å². The van der Waals surface area contributed by atoms with E-state index in [9.17, 15) is 4.79 Å². The number of carbonyl (C=O) groups is 1. The number of nitrogens with one attached hydrogen (secondary N) is 1. The van der Waals surface area contributed by atoms with Gasteiger partial charge >= 0.3 is 5.97 Å². The summed E-state index contributed by atoms with van der Waals surface area (Å²) in [6, 6.07) is 6.30. The van der Waals surface area contributed by atoms with Crippen molar-refractivity contribution in [1.82, 2.24) is 9.88 Å². The number of hydrogen-bond donors (Lipinski definition) is 1. The minimum Gasteiger partial charge on any atom is -0.426 e. The maximum Gasteiger partial charge on any atom is 0.308 e. The van der Waals surface area contributed by atoms with Crippen LogP contribution in [0.1, 0.15) is 38.4 Å². The van der Waals surface area contributed by atoms with Gasteiger partial charge in [-0.15, -0.1) is 6.58 Å². The minimum atomic E-state index is -0.291. The van der Waals surface area contributed by atoms with Gasteiger partial charge in [0.15, 0.2) is 0 Å². The number of aromatic amines is 1. The summed E-state index contributed by atoms with van der Waals surface area (Å²) in [5.41, 5.74) is 3.37. The van der Waals surface area contributed by atoms with Crippen molar-refractivity contribution in [2.24, 2.45) is 0 Å². The first-order valence-corrected chi connectivity index (χ1v) is 8.61. The van der Waals surface area contributed by atoms with E-state index in [1.54, 1.807) is 0 Å². The molecule has 4 heteroatoms. The molecule has 1 heterocycles. The van der Waals surface area contributed by atoms with E-state index < -0.39 is 0 Å². The third-order valence-electron chi connectivity index (χ3n) is 4.58. The first-order chi connectivity index (χ1) is 11.5. The topological polar surface area (TPSA) is 45.3 Å². The quantitative estimate of drug-likeness (QED) is 0.448. The highest BCUT2D eigenvalue weighted by Gasteiger charge is 2.17. The van der Waals surface area contributed by atoms with Crippen LogP contribution >= 0.6 is 0 Å². The van der Waals surface area contributed by atoms with Crippen LogP contribution in [0.2, 0.25) is 0 Å². The lowest BCUT2D eigenvalue weighted by molar-refractivity contribution is -0.131. The van der Waals surface area contributed by atoms with Crippen molar-refractivity contribution in [2.45, 2.75) is 46.6 Å². The van der Waals surface area contributed by atoms with E-state index in [0.29, 0.717) is 11.8 Å². The number of fused-ring (bicyclic) bond motifs is 1. The van der Waals surface area contributed by atoms with Crippen molar-refractivity contribution in [1.29, 1.82) is 0 Å². The van der Waals surface area contributed by atoms with E-state index in [2.05, 4.69) is 37.2 Å². The number of H-pyrrole nitrogens is 1. The SMILES string of the molecule is C=CCN(CCc1c(C)[nH]c2cccc(OC(C)=O)c12)C(C)CC. The van der Waals surface area contributed by atoms with Gasteiger partial charge in [-0.25, -0.2) is 0 Å². The number of aromatic nitrogens is 1. The molecule has 0 fully saturated rings. The average molecular weight is 328 g/mol. The lowest BCUT2D eigenvalue weighted by Gasteiger charge is -2.27. The fourth-order valence-corrected chi connectivity index (χ4v) is 3.13. The molecular formula is C20H28N2O2. The van der Waals surface area contributed by atoms with Crippen LogP contribution in [-0.4, -0.2) is 35.0 Å². The molecule has 1 unspecified atom stereocenters. The van der Waals surface area contributed by atoms with Crippen LogP contribution in [0.25, 0.3) is 10.9 Å². The summed E-state index contributed by atoms with van der Waals surface area (Å²) in [4.78, 5) is 17.2. The van der Waals surface area contributed by atoms with E-state index in [0.717, 1.165) is 42.5 Å². The van der Waals surface area contributed by atoms with Gasteiger partial charge in [-0.2, -0.15) is 0 Å². The smallest absolute Gasteiger partial charge is 0.308 e. The van der Waals surface area contributed by atoms with Crippen LogP contribution in [0.15, 0.2) is 30.9 Å². The highest BCUT2D eigenvalue weighted by molar-refractivity contribution is 5.92. The largest absolute Gasteiger partial charge is 0.426 e. The Bertz CT molecular complexity index is 718. The molecule has 24 heavy (non-hydrogen) atoms. The Hall–Kier alpha value is -2.07. The zero-order valence-electron chi connectivity index (χ0n) is 15.2. The number of carbonyl (C=O) groups excluding carboxylic acids is 1. The van der Waals surface area contributed by atoms with Gasteiger partial charge in [0, 0.05) is 42.7 Å². The molecule has 4 nitrogen and oxygen atoms in total. The molecule has 1 aromatic heterocycles. The fourth-order valence-electron chi connectivity index (χ4n) is 3.13. The predicted octanol–water partition coefficient (Wildman–Crippen LogP) is 4.23. The van der Waals surface area contributed by atoms with E-state index >= 15 is 0 Å². The second-order valence-electron chi connectivity index (χ2n) is 6.29. The predicted molar refractivity (Wildman–Crippen MR) is 99.6 cm³/mol. The number of nitrogens with zero attached hydrogens (tertiary/aromatic N) is 1. The van der Waals surface area contributed by atoms with Gasteiger partial charge in [0.25, 0.3) is 0 Å². The van der Waals surface area contributed by atoms with Gasteiger partial charge < -0.3 is 9.72 Å². The van der Waals surface area contributed by atoms with Crippen molar-refractivity contribution >= 4 is 16.9 Å². The zero-order valence-corrected chi connectivity index (χ0v) is 15.2. The van der Waals surface area contributed by atoms with E-state index in [1.165, 1.54) is 12.5 Å². The van der Waals surface area contributed by atoms with E-state index in [-0.39, 0.29) is 5.97 Å². The zero-order chi connectivity index (χ0) is 17.7. The first-order valence-electron chi connectivity index (χ1n) is 8.61. The second-order valence-corrected chi connectivity index (χ2v) is 6.29. The van der Waals surface area contributed by atoms with Crippen molar-refractivity contribution in [2.75, 3.05) is 13.1 Å². The van der Waals surface area contributed by atoms with Crippen molar-refractivity contribution in [3.63, 3.8) is 0 Å². The van der Waals surface area contributed by atoms with Gasteiger partial charge in [0.2, 0.25) is 0 Å². The Balaban J connectivity index is 2.32. The number of esters is 1. The molecule has 0 saturated carbocycles. The maximum absolute atomic E-state index is 11.4. The summed E-state index contributed by atoms with van der Waals surface area (Å²) in [5.74, 6) is 0.346. The maximum atomic E-state index is 11.4. The first kappa shape index (κ1) is 18.3. The van der Waals surface area contributed by atoms with Crippen molar-refractivity contribution in [3.05, 3.63) is 42.1 Å². The fraction of sp³-hybridized carbons (Fsp3) is 0.450. The Kier molecular flexibility index (Phi) is 6.21. The molecule has 2 aromatic rings. The second kappa shape index (κ2) is 8.15. The van der Waals surface area contributed by atoms with Gasteiger partial charge in [-0.3, -0.25) is 9.69 Å². The molecule has 0 saturated heterocycles. The summed E-state index contributed by atoms with van der Waals surface area (Å²) in [6.07, 6.45) is 3.97. The van der Waals surface area contributed by atoms with Crippen LogP contribution in [0.3, 0.4) is 0 Å². The molecule has 0 aliphatic carbocycles. The lowest BCUT2D eigenvalue weighted by atomic mass is 10.1. The third kappa shape index (κ3) is 4.06. The molecule has 1 N–H and O–H groups in total.